The van der Waals surface area contributed by atoms with Crippen molar-refractivity contribution < 1.29 is 14.0 Å². The molecule has 0 unspecified atom stereocenters. The molecule has 0 fully saturated rings. The molecule has 1 heterocycles. The molecule has 1 aliphatic heterocycles. The molecule has 1 aromatic rings. The van der Waals surface area contributed by atoms with Crippen LogP contribution in [0.1, 0.15) is 19.4 Å². The van der Waals surface area contributed by atoms with E-state index in [0.717, 1.165) is 4.90 Å². The molecule has 1 aromatic carbocycles. The molecular weight excluding hydrogens is 257 g/mol. The molecular formula is C13H11ClFNO2. The van der Waals surface area contributed by atoms with Crippen LogP contribution < -0.4 is 0 Å². The Labute approximate surface area is 109 Å². The topological polar surface area (TPSA) is 37.4 Å². The Balaban J connectivity index is 2.48. The zero-order valence-electron chi connectivity index (χ0n) is 9.91. The summed E-state index contributed by atoms with van der Waals surface area (Å²) in [6.45, 7) is 3.46. The quantitative estimate of drug-likeness (QED) is 0.773. The van der Waals surface area contributed by atoms with E-state index in [2.05, 4.69) is 0 Å². The number of amides is 2. The van der Waals surface area contributed by atoms with Gasteiger partial charge >= 0.3 is 0 Å². The summed E-state index contributed by atoms with van der Waals surface area (Å²) in [5.74, 6) is -1.35. The highest BCUT2D eigenvalue weighted by molar-refractivity contribution is 6.55. The van der Waals surface area contributed by atoms with E-state index in [1.807, 2.05) is 0 Å². The van der Waals surface area contributed by atoms with Crippen molar-refractivity contribution in [3.05, 3.63) is 40.7 Å². The van der Waals surface area contributed by atoms with Crippen LogP contribution in [0.15, 0.2) is 29.3 Å². The molecule has 0 radical (unpaired) electrons. The van der Waals surface area contributed by atoms with Crippen LogP contribution in [-0.4, -0.2) is 22.8 Å². The van der Waals surface area contributed by atoms with Crippen molar-refractivity contribution in [1.82, 2.24) is 4.90 Å². The molecule has 0 aromatic heterocycles. The van der Waals surface area contributed by atoms with Gasteiger partial charge in [-0.05, 0) is 31.5 Å². The fourth-order valence-electron chi connectivity index (χ4n) is 1.86. The van der Waals surface area contributed by atoms with Crippen LogP contribution in [0, 0.1) is 5.82 Å². The lowest BCUT2D eigenvalue weighted by Gasteiger charge is -2.18. The number of hydrogen-bond donors (Lipinski definition) is 0. The summed E-state index contributed by atoms with van der Waals surface area (Å²) in [6, 6.07) is 5.05. The van der Waals surface area contributed by atoms with Crippen molar-refractivity contribution in [2.75, 3.05) is 0 Å². The number of carbonyl (C=O) groups excluding carboxylic acids is 2. The molecule has 0 aliphatic carbocycles. The van der Waals surface area contributed by atoms with E-state index in [1.54, 1.807) is 13.8 Å². The summed E-state index contributed by atoms with van der Waals surface area (Å²) in [6.07, 6.45) is 0. The number of nitrogens with zero attached hydrogens (tertiary/aromatic N) is 1. The number of rotatable bonds is 2. The summed E-state index contributed by atoms with van der Waals surface area (Å²) in [5.41, 5.74) is 0.582. The van der Waals surface area contributed by atoms with Gasteiger partial charge in [-0.3, -0.25) is 14.5 Å². The molecule has 2 rings (SSSR count). The fraction of sp³-hybridized carbons (Fsp3) is 0.231. The minimum absolute atomic E-state index is 0.111. The van der Waals surface area contributed by atoms with Gasteiger partial charge in [-0.1, -0.05) is 23.7 Å². The van der Waals surface area contributed by atoms with Gasteiger partial charge in [0.05, 0.1) is 5.57 Å². The van der Waals surface area contributed by atoms with Crippen molar-refractivity contribution in [2.24, 2.45) is 0 Å². The maximum atomic E-state index is 12.8. The van der Waals surface area contributed by atoms with E-state index < -0.39 is 17.6 Å². The number of benzene rings is 1. The van der Waals surface area contributed by atoms with Crippen molar-refractivity contribution >= 4 is 29.0 Å². The normalized spacial score (nSPS) is 16.2. The van der Waals surface area contributed by atoms with E-state index in [1.165, 1.54) is 24.3 Å². The first kappa shape index (κ1) is 12.8. The van der Waals surface area contributed by atoms with E-state index in [9.17, 15) is 14.0 Å². The second kappa shape index (κ2) is 4.53. The lowest BCUT2D eigenvalue weighted by atomic mass is 10.1. The zero-order chi connectivity index (χ0) is 13.4. The predicted molar refractivity (Wildman–Crippen MR) is 66.2 cm³/mol. The van der Waals surface area contributed by atoms with Gasteiger partial charge in [0.25, 0.3) is 11.8 Å². The Bertz CT molecular complexity index is 549. The summed E-state index contributed by atoms with van der Waals surface area (Å²) in [4.78, 5) is 25.1. The van der Waals surface area contributed by atoms with E-state index in [-0.39, 0.29) is 16.6 Å². The Morgan fingerprint density at radius 3 is 2.11 bits per heavy atom. The Morgan fingerprint density at radius 2 is 1.67 bits per heavy atom. The SMILES string of the molecule is CC(C)N1C(=O)C(Cl)=C(c2ccc(F)cc2)C1=O. The Morgan fingerprint density at radius 1 is 1.11 bits per heavy atom. The molecule has 2 amide bonds. The largest absolute Gasteiger partial charge is 0.273 e. The van der Waals surface area contributed by atoms with Crippen LogP contribution in [0.4, 0.5) is 4.39 Å². The van der Waals surface area contributed by atoms with Crippen molar-refractivity contribution in [1.29, 1.82) is 0 Å². The van der Waals surface area contributed by atoms with Gasteiger partial charge in [-0.2, -0.15) is 0 Å². The highest BCUT2D eigenvalue weighted by atomic mass is 35.5. The fourth-order valence-corrected chi connectivity index (χ4v) is 2.14. The maximum absolute atomic E-state index is 12.8. The van der Waals surface area contributed by atoms with Crippen molar-refractivity contribution in [3.8, 4) is 0 Å². The van der Waals surface area contributed by atoms with Crippen LogP contribution in [0.5, 0.6) is 0 Å². The van der Waals surface area contributed by atoms with Gasteiger partial charge in [-0.15, -0.1) is 0 Å². The first-order chi connectivity index (χ1) is 8.43. The maximum Gasteiger partial charge on any atom is 0.273 e. The lowest BCUT2D eigenvalue weighted by molar-refractivity contribution is -0.138. The molecule has 18 heavy (non-hydrogen) atoms. The van der Waals surface area contributed by atoms with Gasteiger partial charge in [0.1, 0.15) is 10.8 Å². The summed E-state index contributed by atoms with van der Waals surface area (Å²) in [7, 11) is 0. The zero-order valence-corrected chi connectivity index (χ0v) is 10.7. The number of carbonyl (C=O) groups is 2. The predicted octanol–water partition coefficient (Wildman–Crippen LogP) is 2.55. The third-order valence-electron chi connectivity index (χ3n) is 2.71. The highest BCUT2D eigenvalue weighted by Crippen LogP contribution is 2.32. The second-order valence-electron chi connectivity index (χ2n) is 4.27. The number of hydrogen-bond acceptors (Lipinski definition) is 2. The van der Waals surface area contributed by atoms with Crippen LogP contribution in [0.25, 0.3) is 5.57 Å². The smallest absolute Gasteiger partial charge is 0.271 e. The van der Waals surface area contributed by atoms with Crippen molar-refractivity contribution in [3.63, 3.8) is 0 Å². The molecule has 0 atom stereocenters. The van der Waals surface area contributed by atoms with E-state index >= 15 is 0 Å². The van der Waals surface area contributed by atoms with Crippen LogP contribution in [-0.2, 0) is 9.59 Å². The van der Waals surface area contributed by atoms with Gasteiger partial charge < -0.3 is 0 Å². The molecule has 0 spiro atoms. The first-order valence-corrected chi connectivity index (χ1v) is 5.85. The molecule has 5 heteroatoms. The summed E-state index contributed by atoms with van der Waals surface area (Å²) in [5, 5.41) is -0.111. The molecule has 3 nitrogen and oxygen atoms in total. The van der Waals surface area contributed by atoms with E-state index in [4.69, 9.17) is 11.6 Å². The minimum Gasteiger partial charge on any atom is -0.271 e. The standard InChI is InChI=1S/C13H11ClFNO2/c1-7(2)16-12(17)10(11(14)13(16)18)8-3-5-9(15)6-4-8/h3-7H,1-2H3. The number of halogens is 2. The second-order valence-corrected chi connectivity index (χ2v) is 4.65. The average Bonchev–Trinajstić information content (AvgIpc) is 2.52. The Kier molecular flexibility index (Phi) is 3.22. The van der Waals surface area contributed by atoms with Crippen LogP contribution in [0.2, 0.25) is 0 Å². The third-order valence-corrected chi connectivity index (χ3v) is 3.06. The van der Waals surface area contributed by atoms with E-state index in [0.29, 0.717) is 5.56 Å². The van der Waals surface area contributed by atoms with Gasteiger partial charge in [0, 0.05) is 6.04 Å². The minimum atomic E-state index is -0.504. The number of imide groups is 1. The molecule has 0 N–H and O–H groups in total. The van der Waals surface area contributed by atoms with Crippen molar-refractivity contribution in [2.45, 2.75) is 19.9 Å². The first-order valence-electron chi connectivity index (χ1n) is 5.47. The molecule has 0 saturated heterocycles. The van der Waals surface area contributed by atoms with Crippen LogP contribution in [0.3, 0.4) is 0 Å². The van der Waals surface area contributed by atoms with Crippen LogP contribution >= 0.6 is 11.6 Å². The van der Waals surface area contributed by atoms with Gasteiger partial charge in [0.15, 0.2) is 0 Å². The summed E-state index contributed by atoms with van der Waals surface area (Å²) >= 11 is 5.91. The van der Waals surface area contributed by atoms with Gasteiger partial charge in [-0.25, -0.2) is 4.39 Å². The lowest BCUT2D eigenvalue weighted by Crippen LogP contribution is -2.37. The third kappa shape index (κ3) is 1.93. The molecule has 0 saturated carbocycles. The molecule has 1 aliphatic rings. The van der Waals surface area contributed by atoms with Gasteiger partial charge in [0.2, 0.25) is 0 Å². The average molecular weight is 268 g/mol. The Hall–Kier alpha value is -1.68. The summed E-state index contributed by atoms with van der Waals surface area (Å²) < 4.78 is 12.8. The monoisotopic (exact) mass is 267 g/mol. The molecule has 0 bridgehead atoms. The molecule has 94 valence electrons. The highest BCUT2D eigenvalue weighted by Gasteiger charge is 2.39.